The van der Waals surface area contributed by atoms with Gasteiger partial charge in [0.2, 0.25) is 5.78 Å². The summed E-state index contributed by atoms with van der Waals surface area (Å²) in [5.74, 6) is 0.355. The SMILES string of the molecule is CCCc1c(Cc2ccc(-c3ccccc3-c3noc(=O)[nH]3)cc2)c(=O)n(C(C)(C)C)c2ncnn12. The molecule has 5 rings (SSSR count). The Morgan fingerprint density at radius 1 is 1.00 bits per heavy atom. The molecule has 0 amide bonds. The molecule has 3 heterocycles. The molecule has 36 heavy (non-hydrogen) atoms. The van der Waals surface area contributed by atoms with Gasteiger partial charge in [0.15, 0.2) is 5.82 Å². The topological polar surface area (TPSA) is 111 Å². The van der Waals surface area contributed by atoms with E-state index in [9.17, 15) is 9.59 Å². The predicted octanol–water partition coefficient (Wildman–Crippen LogP) is 4.20. The zero-order valence-corrected chi connectivity index (χ0v) is 20.8. The molecule has 0 aliphatic rings. The summed E-state index contributed by atoms with van der Waals surface area (Å²) in [6.45, 7) is 8.10. The summed E-state index contributed by atoms with van der Waals surface area (Å²) in [6, 6.07) is 15.8. The highest BCUT2D eigenvalue weighted by Gasteiger charge is 2.25. The lowest BCUT2D eigenvalue weighted by Gasteiger charge is -2.25. The van der Waals surface area contributed by atoms with E-state index in [4.69, 9.17) is 4.52 Å². The summed E-state index contributed by atoms with van der Waals surface area (Å²) in [5, 5.41) is 8.29. The highest BCUT2D eigenvalue weighted by Crippen LogP contribution is 2.30. The van der Waals surface area contributed by atoms with Crippen molar-refractivity contribution < 1.29 is 4.52 Å². The highest BCUT2D eigenvalue weighted by molar-refractivity contribution is 5.80. The Labute approximate surface area is 207 Å². The molecule has 9 heteroatoms. The number of nitrogens with one attached hydrogen (secondary N) is 1. The molecule has 0 saturated heterocycles. The van der Waals surface area contributed by atoms with Crippen LogP contribution in [0.25, 0.3) is 28.3 Å². The van der Waals surface area contributed by atoms with Crippen molar-refractivity contribution >= 4 is 5.78 Å². The minimum atomic E-state index is -0.594. The van der Waals surface area contributed by atoms with Gasteiger partial charge in [-0.05, 0) is 43.9 Å². The van der Waals surface area contributed by atoms with Crippen molar-refractivity contribution in [3.63, 3.8) is 0 Å². The van der Waals surface area contributed by atoms with Crippen LogP contribution < -0.4 is 11.3 Å². The number of hydrogen-bond donors (Lipinski definition) is 1. The van der Waals surface area contributed by atoms with Gasteiger partial charge < -0.3 is 0 Å². The minimum absolute atomic E-state index is 0.0316. The van der Waals surface area contributed by atoms with E-state index in [0.717, 1.165) is 46.4 Å². The van der Waals surface area contributed by atoms with Crippen LogP contribution in [-0.4, -0.2) is 29.3 Å². The zero-order valence-electron chi connectivity index (χ0n) is 20.8. The summed E-state index contributed by atoms with van der Waals surface area (Å²) in [4.78, 5) is 32.2. The third kappa shape index (κ3) is 4.17. The van der Waals surface area contributed by atoms with Gasteiger partial charge in [-0.1, -0.05) is 67.0 Å². The second-order valence-electron chi connectivity index (χ2n) is 9.82. The molecule has 2 aromatic carbocycles. The maximum Gasteiger partial charge on any atom is 0.439 e. The zero-order chi connectivity index (χ0) is 25.4. The average Bonchev–Trinajstić information content (AvgIpc) is 3.50. The number of nitrogens with zero attached hydrogens (tertiary/aromatic N) is 5. The van der Waals surface area contributed by atoms with Crippen molar-refractivity contribution in [1.82, 2.24) is 29.3 Å². The van der Waals surface area contributed by atoms with Crippen LogP contribution in [0.4, 0.5) is 0 Å². The van der Waals surface area contributed by atoms with Gasteiger partial charge >= 0.3 is 5.76 Å². The van der Waals surface area contributed by atoms with Gasteiger partial charge in [-0.25, -0.2) is 9.31 Å². The molecule has 0 fully saturated rings. The van der Waals surface area contributed by atoms with E-state index in [1.807, 2.05) is 73.8 Å². The Bertz CT molecular complexity index is 1650. The van der Waals surface area contributed by atoms with Crippen LogP contribution in [0.5, 0.6) is 0 Å². The van der Waals surface area contributed by atoms with Crippen molar-refractivity contribution in [1.29, 1.82) is 0 Å². The van der Waals surface area contributed by atoms with E-state index in [1.165, 1.54) is 6.33 Å². The lowest BCUT2D eigenvalue weighted by atomic mass is 9.96. The van der Waals surface area contributed by atoms with Crippen LogP contribution >= 0.6 is 0 Å². The van der Waals surface area contributed by atoms with E-state index >= 15 is 0 Å². The Hall–Kier alpha value is -4.27. The molecule has 0 aliphatic carbocycles. The van der Waals surface area contributed by atoms with Crippen LogP contribution in [0, 0.1) is 0 Å². The Morgan fingerprint density at radius 3 is 2.36 bits per heavy atom. The summed E-state index contributed by atoms with van der Waals surface area (Å²) in [6.07, 6.45) is 3.62. The van der Waals surface area contributed by atoms with Crippen molar-refractivity contribution in [2.75, 3.05) is 0 Å². The lowest BCUT2D eigenvalue weighted by Crippen LogP contribution is -2.38. The first-order valence-corrected chi connectivity index (χ1v) is 12.0. The second kappa shape index (κ2) is 9.07. The first kappa shape index (κ1) is 23.5. The molecule has 0 saturated carbocycles. The first-order valence-electron chi connectivity index (χ1n) is 12.0. The van der Waals surface area contributed by atoms with E-state index in [0.29, 0.717) is 18.0 Å². The second-order valence-corrected chi connectivity index (χ2v) is 9.82. The van der Waals surface area contributed by atoms with Gasteiger partial charge in [-0.15, -0.1) is 0 Å². The molecule has 0 bridgehead atoms. The minimum Gasteiger partial charge on any atom is -0.296 e. The third-order valence-corrected chi connectivity index (χ3v) is 6.22. The molecule has 3 aromatic heterocycles. The van der Waals surface area contributed by atoms with Crippen LogP contribution in [0.15, 0.2) is 69.0 Å². The van der Waals surface area contributed by atoms with Crippen molar-refractivity contribution in [3.8, 4) is 22.5 Å². The molecule has 0 radical (unpaired) electrons. The molecule has 0 spiro atoms. The summed E-state index contributed by atoms with van der Waals surface area (Å²) in [5.41, 5.74) is 4.83. The number of aryl methyl sites for hydroxylation is 1. The molecule has 0 atom stereocenters. The molecule has 0 unspecified atom stereocenters. The maximum absolute atomic E-state index is 13.8. The van der Waals surface area contributed by atoms with Gasteiger partial charge in [-0.2, -0.15) is 10.1 Å². The average molecular weight is 485 g/mol. The number of aromatic nitrogens is 6. The number of benzene rings is 2. The predicted molar refractivity (Wildman–Crippen MR) is 137 cm³/mol. The fourth-order valence-electron chi connectivity index (χ4n) is 4.62. The van der Waals surface area contributed by atoms with Gasteiger partial charge in [0.1, 0.15) is 6.33 Å². The quantitative estimate of drug-likeness (QED) is 0.387. The van der Waals surface area contributed by atoms with Crippen LogP contribution in [0.2, 0.25) is 0 Å². The van der Waals surface area contributed by atoms with Gasteiger partial charge in [0.05, 0.1) is 5.69 Å². The standard InChI is InChI=1S/C27H28N6O3/c1-5-8-22-21(24(34)32(27(2,3)4)25-28-16-29-33(22)25)15-17-11-13-18(14-12-17)19-9-6-7-10-20(19)23-30-26(35)36-31-23/h6-7,9-14,16H,5,8,15H2,1-4H3,(H,30,31,35). The van der Waals surface area contributed by atoms with Crippen LogP contribution in [0.1, 0.15) is 50.9 Å². The Kier molecular flexibility index (Phi) is 5.91. The largest absolute Gasteiger partial charge is 0.439 e. The summed E-state index contributed by atoms with van der Waals surface area (Å²) >= 11 is 0. The Balaban J connectivity index is 1.56. The molecule has 9 nitrogen and oxygen atoms in total. The van der Waals surface area contributed by atoms with E-state index in [1.54, 1.807) is 4.57 Å². The van der Waals surface area contributed by atoms with Crippen molar-refractivity contribution in [3.05, 3.63) is 92.6 Å². The maximum atomic E-state index is 13.8. The molecular formula is C27H28N6O3. The summed E-state index contributed by atoms with van der Waals surface area (Å²) in [7, 11) is 0. The van der Waals surface area contributed by atoms with Gasteiger partial charge in [0.25, 0.3) is 5.56 Å². The van der Waals surface area contributed by atoms with Gasteiger partial charge in [0, 0.05) is 23.1 Å². The summed E-state index contributed by atoms with van der Waals surface area (Å²) < 4.78 is 8.24. The monoisotopic (exact) mass is 484 g/mol. The molecule has 1 N–H and O–H groups in total. The normalized spacial score (nSPS) is 11.9. The third-order valence-electron chi connectivity index (χ3n) is 6.22. The first-order chi connectivity index (χ1) is 17.3. The van der Waals surface area contributed by atoms with E-state index in [2.05, 4.69) is 27.1 Å². The lowest BCUT2D eigenvalue weighted by molar-refractivity contribution is 0.386. The number of rotatable bonds is 6. The molecule has 184 valence electrons. The van der Waals surface area contributed by atoms with Crippen molar-refractivity contribution in [2.45, 2.75) is 52.5 Å². The number of hydrogen-bond acceptors (Lipinski definition) is 6. The smallest absolute Gasteiger partial charge is 0.296 e. The molecule has 0 aliphatic heterocycles. The van der Waals surface area contributed by atoms with Crippen LogP contribution in [0.3, 0.4) is 0 Å². The van der Waals surface area contributed by atoms with E-state index in [-0.39, 0.29) is 5.56 Å². The number of H-pyrrole nitrogens is 1. The van der Waals surface area contributed by atoms with Gasteiger partial charge in [-0.3, -0.25) is 18.9 Å². The molecular weight excluding hydrogens is 456 g/mol. The number of fused-ring (bicyclic) bond motifs is 1. The number of aromatic amines is 1. The molecule has 5 aromatic rings. The Morgan fingerprint density at radius 2 is 1.72 bits per heavy atom. The van der Waals surface area contributed by atoms with Crippen LogP contribution in [-0.2, 0) is 18.4 Å². The van der Waals surface area contributed by atoms with Crippen molar-refractivity contribution in [2.24, 2.45) is 0 Å². The van der Waals surface area contributed by atoms with E-state index < -0.39 is 11.3 Å². The fraction of sp³-hybridized carbons (Fsp3) is 0.296. The fourth-order valence-corrected chi connectivity index (χ4v) is 4.62. The highest BCUT2D eigenvalue weighted by atomic mass is 16.5.